The highest BCUT2D eigenvalue weighted by atomic mass is 16.2. The molecule has 0 spiro atoms. The van der Waals surface area contributed by atoms with Gasteiger partial charge in [-0.3, -0.25) is 0 Å². The zero-order valence-electron chi connectivity index (χ0n) is 15.0. The van der Waals surface area contributed by atoms with E-state index in [2.05, 4.69) is 38.2 Å². The molecular formula is C18H26N6O. The van der Waals surface area contributed by atoms with Gasteiger partial charge in [0.05, 0.1) is 0 Å². The molecule has 2 amide bonds. The van der Waals surface area contributed by atoms with Crippen molar-refractivity contribution in [3.8, 4) is 0 Å². The van der Waals surface area contributed by atoms with Gasteiger partial charge in [-0.1, -0.05) is 19.1 Å². The Morgan fingerprint density at radius 3 is 2.48 bits per heavy atom. The molecule has 25 heavy (non-hydrogen) atoms. The second-order valence-corrected chi connectivity index (χ2v) is 5.61. The van der Waals surface area contributed by atoms with Gasteiger partial charge in [-0.2, -0.15) is 4.98 Å². The number of benzene rings is 1. The average molecular weight is 342 g/mol. The zero-order valence-corrected chi connectivity index (χ0v) is 15.0. The zero-order chi connectivity index (χ0) is 18.1. The summed E-state index contributed by atoms with van der Waals surface area (Å²) < 4.78 is 0. The van der Waals surface area contributed by atoms with Crippen LogP contribution in [0.25, 0.3) is 0 Å². The Bertz CT molecular complexity index is 686. The first kappa shape index (κ1) is 18.5. The van der Waals surface area contributed by atoms with Gasteiger partial charge < -0.3 is 21.3 Å². The highest BCUT2D eigenvalue weighted by molar-refractivity contribution is 5.89. The largest absolute Gasteiger partial charge is 0.368 e. The summed E-state index contributed by atoms with van der Waals surface area (Å²) in [6.07, 6.45) is 0.982. The molecule has 0 aliphatic heterocycles. The van der Waals surface area contributed by atoms with Crippen LogP contribution in [0.2, 0.25) is 0 Å². The molecule has 0 aliphatic rings. The number of hydrogen-bond acceptors (Lipinski definition) is 5. The number of amides is 2. The number of hydrogen-bond donors (Lipinski definition) is 4. The van der Waals surface area contributed by atoms with E-state index in [4.69, 9.17) is 0 Å². The van der Waals surface area contributed by atoms with Crippen molar-refractivity contribution >= 4 is 23.5 Å². The van der Waals surface area contributed by atoms with Gasteiger partial charge in [0.25, 0.3) is 0 Å². The van der Waals surface area contributed by atoms with Crippen molar-refractivity contribution < 1.29 is 4.79 Å². The summed E-state index contributed by atoms with van der Waals surface area (Å²) in [5, 5.41) is 11.9. The van der Waals surface area contributed by atoms with Crippen LogP contribution in [-0.4, -0.2) is 35.6 Å². The highest BCUT2D eigenvalue weighted by Gasteiger charge is 2.03. The van der Waals surface area contributed by atoms with Crippen LogP contribution in [0.4, 0.5) is 22.2 Å². The summed E-state index contributed by atoms with van der Waals surface area (Å²) in [6, 6.07) is 9.48. The molecule has 4 N–H and O–H groups in total. The van der Waals surface area contributed by atoms with Crippen molar-refractivity contribution in [1.82, 2.24) is 15.3 Å². The molecule has 0 atom stereocenters. The summed E-state index contributed by atoms with van der Waals surface area (Å²) in [5.74, 6) is 1.34. The normalized spacial score (nSPS) is 10.2. The Labute approximate surface area is 148 Å². The van der Waals surface area contributed by atoms with Crippen molar-refractivity contribution in [2.24, 2.45) is 0 Å². The molecule has 0 bridgehead atoms. The molecule has 2 rings (SSSR count). The number of carbonyl (C=O) groups excluding carboxylic acids is 1. The van der Waals surface area contributed by atoms with E-state index >= 15 is 0 Å². The van der Waals surface area contributed by atoms with Crippen LogP contribution in [0, 0.1) is 6.92 Å². The maximum atomic E-state index is 11.9. The summed E-state index contributed by atoms with van der Waals surface area (Å²) in [6.45, 7) is 7.84. The molecule has 0 saturated carbocycles. The molecule has 1 aromatic heterocycles. The third kappa shape index (κ3) is 6.29. The van der Waals surface area contributed by atoms with Gasteiger partial charge in [0.15, 0.2) is 0 Å². The van der Waals surface area contributed by atoms with Crippen LogP contribution in [0.15, 0.2) is 30.3 Å². The number of aryl methyl sites for hydroxylation is 2. The third-order valence-corrected chi connectivity index (χ3v) is 3.53. The van der Waals surface area contributed by atoms with E-state index in [1.54, 1.807) is 0 Å². The molecule has 1 heterocycles. The average Bonchev–Trinajstić information content (AvgIpc) is 2.59. The first-order valence-electron chi connectivity index (χ1n) is 8.58. The van der Waals surface area contributed by atoms with Crippen LogP contribution < -0.4 is 21.3 Å². The molecule has 7 nitrogen and oxygen atoms in total. The number of anilines is 3. The lowest BCUT2D eigenvalue weighted by Crippen LogP contribution is -2.32. The molecule has 0 unspecified atom stereocenters. The minimum Gasteiger partial charge on any atom is -0.368 e. The molecule has 0 aliphatic carbocycles. The standard InChI is InChI=1S/C18H26N6O/c1-4-14-6-8-15(9-7-14)23-18(25)21-11-10-20-16-12-13(3)22-17(24-16)19-5-2/h6-9,12H,4-5,10-11H2,1-3H3,(H2,21,23,25)(H2,19,20,22,24). The molecular weight excluding hydrogens is 316 g/mol. The van der Waals surface area contributed by atoms with Gasteiger partial charge in [0.1, 0.15) is 5.82 Å². The minimum atomic E-state index is -0.224. The lowest BCUT2D eigenvalue weighted by Gasteiger charge is -2.10. The molecule has 1 aromatic carbocycles. The molecule has 0 saturated heterocycles. The molecule has 0 fully saturated rings. The molecule has 134 valence electrons. The predicted molar refractivity (Wildman–Crippen MR) is 102 cm³/mol. The number of nitrogens with one attached hydrogen (secondary N) is 4. The number of carbonyl (C=O) groups is 1. The van der Waals surface area contributed by atoms with Crippen molar-refractivity contribution in [1.29, 1.82) is 0 Å². The Balaban J connectivity index is 1.74. The summed E-state index contributed by atoms with van der Waals surface area (Å²) in [7, 11) is 0. The Kier molecular flexibility index (Phi) is 7.00. The number of urea groups is 1. The topological polar surface area (TPSA) is 91.0 Å². The monoisotopic (exact) mass is 342 g/mol. The Hall–Kier alpha value is -2.83. The van der Waals surface area contributed by atoms with E-state index in [0.717, 1.165) is 30.2 Å². The third-order valence-electron chi connectivity index (χ3n) is 3.53. The fourth-order valence-corrected chi connectivity index (χ4v) is 2.26. The predicted octanol–water partition coefficient (Wildman–Crippen LogP) is 3.01. The number of rotatable bonds is 8. The van der Waals surface area contributed by atoms with E-state index < -0.39 is 0 Å². The van der Waals surface area contributed by atoms with Crippen molar-refractivity contribution in [3.05, 3.63) is 41.6 Å². The summed E-state index contributed by atoms with van der Waals surface area (Å²) >= 11 is 0. The van der Waals surface area contributed by atoms with Gasteiger partial charge in [-0.15, -0.1) is 0 Å². The van der Waals surface area contributed by atoms with E-state index in [1.807, 2.05) is 44.2 Å². The van der Waals surface area contributed by atoms with E-state index in [0.29, 0.717) is 19.0 Å². The number of nitrogens with zero attached hydrogens (tertiary/aromatic N) is 2. The second-order valence-electron chi connectivity index (χ2n) is 5.61. The fraction of sp³-hybridized carbons (Fsp3) is 0.389. The van der Waals surface area contributed by atoms with Crippen molar-refractivity contribution in [2.75, 3.05) is 35.6 Å². The van der Waals surface area contributed by atoms with Crippen LogP contribution in [-0.2, 0) is 6.42 Å². The van der Waals surface area contributed by atoms with Crippen LogP contribution in [0.1, 0.15) is 25.1 Å². The summed E-state index contributed by atoms with van der Waals surface area (Å²) in [5.41, 5.74) is 2.91. The number of aromatic nitrogens is 2. The van der Waals surface area contributed by atoms with Gasteiger partial charge >= 0.3 is 6.03 Å². The first-order chi connectivity index (χ1) is 12.1. The van der Waals surface area contributed by atoms with Gasteiger partial charge in [-0.05, 0) is 38.0 Å². The van der Waals surface area contributed by atoms with Gasteiger partial charge in [0.2, 0.25) is 5.95 Å². The highest BCUT2D eigenvalue weighted by Crippen LogP contribution is 2.10. The van der Waals surface area contributed by atoms with Crippen LogP contribution >= 0.6 is 0 Å². The second kappa shape index (κ2) is 9.46. The van der Waals surface area contributed by atoms with Gasteiger partial charge in [0, 0.05) is 37.1 Å². The van der Waals surface area contributed by atoms with E-state index in [-0.39, 0.29) is 6.03 Å². The Morgan fingerprint density at radius 2 is 1.80 bits per heavy atom. The SMILES string of the molecule is CCNc1nc(C)cc(NCCNC(=O)Nc2ccc(CC)cc2)n1. The molecule has 0 radical (unpaired) electrons. The smallest absolute Gasteiger partial charge is 0.319 e. The maximum absolute atomic E-state index is 11.9. The summed E-state index contributed by atoms with van der Waals surface area (Å²) in [4.78, 5) is 20.5. The molecule has 7 heteroatoms. The quantitative estimate of drug-likeness (QED) is 0.554. The maximum Gasteiger partial charge on any atom is 0.319 e. The van der Waals surface area contributed by atoms with Crippen molar-refractivity contribution in [3.63, 3.8) is 0 Å². The lowest BCUT2D eigenvalue weighted by atomic mass is 10.1. The molecule has 2 aromatic rings. The lowest BCUT2D eigenvalue weighted by molar-refractivity contribution is 0.252. The first-order valence-corrected chi connectivity index (χ1v) is 8.58. The van der Waals surface area contributed by atoms with Crippen LogP contribution in [0.3, 0.4) is 0 Å². The van der Waals surface area contributed by atoms with E-state index in [9.17, 15) is 4.79 Å². The Morgan fingerprint density at radius 1 is 1.04 bits per heavy atom. The van der Waals surface area contributed by atoms with E-state index in [1.165, 1.54) is 5.56 Å². The van der Waals surface area contributed by atoms with Crippen LogP contribution in [0.5, 0.6) is 0 Å². The minimum absolute atomic E-state index is 0.224. The van der Waals surface area contributed by atoms with Crippen molar-refractivity contribution in [2.45, 2.75) is 27.2 Å². The van der Waals surface area contributed by atoms with Gasteiger partial charge in [-0.25, -0.2) is 9.78 Å². The fourth-order valence-electron chi connectivity index (χ4n) is 2.26.